The maximum atomic E-state index is 10.8. The van der Waals surface area contributed by atoms with E-state index in [9.17, 15) is 14.9 Å². The number of nitrogens with two attached hydrogens (primary N) is 1. The molecule has 1 aromatic rings. The van der Waals surface area contributed by atoms with Crippen LogP contribution in [0.4, 0.5) is 11.4 Å². The zero-order valence-corrected chi connectivity index (χ0v) is 7.69. The predicted octanol–water partition coefficient (Wildman–Crippen LogP) is 1.31. The Morgan fingerprint density at radius 1 is 1.57 bits per heavy atom. The number of nitro benzene ring substituents is 1. The van der Waals surface area contributed by atoms with Gasteiger partial charge in [-0.2, -0.15) is 0 Å². The Bertz CT molecular complexity index is 388. The van der Waals surface area contributed by atoms with Crippen molar-refractivity contribution in [1.29, 1.82) is 0 Å². The van der Waals surface area contributed by atoms with Crippen molar-refractivity contribution in [1.82, 2.24) is 0 Å². The average Bonchev–Trinajstić information content (AvgIpc) is 2.07. The molecule has 0 radical (unpaired) electrons. The molecule has 0 heterocycles. The van der Waals surface area contributed by atoms with Gasteiger partial charge in [-0.3, -0.25) is 14.9 Å². The van der Waals surface area contributed by atoms with Crippen molar-refractivity contribution < 1.29 is 9.72 Å². The predicted molar refractivity (Wildman–Crippen MR) is 51.9 cm³/mol. The molecule has 74 valence electrons. The molecule has 0 aromatic heterocycles. The van der Waals surface area contributed by atoms with Gasteiger partial charge in [-0.25, -0.2) is 0 Å². The third kappa shape index (κ3) is 2.29. The molecule has 0 bridgehead atoms. The lowest BCUT2D eigenvalue weighted by molar-refractivity contribution is -0.383. The van der Waals surface area contributed by atoms with Gasteiger partial charge >= 0.3 is 0 Å². The number of hydrogen-bond donors (Lipinski definition) is 1. The first-order valence-electron chi connectivity index (χ1n) is 4.03. The van der Waals surface area contributed by atoms with Crippen LogP contribution >= 0.6 is 0 Å². The second-order valence-electron chi connectivity index (χ2n) is 3.03. The van der Waals surface area contributed by atoms with Crippen molar-refractivity contribution in [3.63, 3.8) is 0 Å². The fourth-order valence-corrected chi connectivity index (χ4v) is 1.14. The Balaban J connectivity index is 3.06. The van der Waals surface area contributed by atoms with Gasteiger partial charge in [-0.05, 0) is 18.6 Å². The number of carbonyl (C=O) groups is 1. The van der Waals surface area contributed by atoms with Gasteiger partial charge in [0.25, 0.3) is 5.69 Å². The zero-order chi connectivity index (χ0) is 10.7. The first-order valence-corrected chi connectivity index (χ1v) is 4.03. The lowest BCUT2D eigenvalue weighted by Crippen LogP contribution is -2.00. The molecule has 0 unspecified atom stereocenters. The highest BCUT2D eigenvalue weighted by Crippen LogP contribution is 2.22. The summed E-state index contributed by atoms with van der Waals surface area (Å²) in [5, 5.41) is 10.5. The Morgan fingerprint density at radius 2 is 2.21 bits per heavy atom. The van der Waals surface area contributed by atoms with Crippen molar-refractivity contribution in [3.05, 3.63) is 33.9 Å². The third-order valence-electron chi connectivity index (χ3n) is 1.74. The third-order valence-corrected chi connectivity index (χ3v) is 1.74. The number of hydrogen-bond acceptors (Lipinski definition) is 4. The number of Topliss-reactive ketones (excluding diaryl/α,β-unsaturated/α-hetero) is 1. The highest BCUT2D eigenvalue weighted by Gasteiger charge is 2.12. The molecule has 0 atom stereocenters. The van der Waals surface area contributed by atoms with E-state index in [2.05, 4.69) is 0 Å². The maximum absolute atomic E-state index is 10.8. The maximum Gasteiger partial charge on any atom is 0.292 e. The van der Waals surface area contributed by atoms with E-state index in [1.807, 2.05) is 0 Å². The normalized spacial score (nSPS) is 9.79. The van der Waals surface area contributed by atoms with Crippen LogP contribution in [0.15, 0.2) is 18.2 Å². The number of nitrogen functional groups attached to an aromatic ring is 1. The van der Waals surface area contributed by atoms with Crippen LogP contribution in [0.5, 0.6) is 0 Å². The van der Waals surface area contributed by atoms with Crippen LogP contribution in [0.1, 0.15) is 12.5 Å². The summed E-state index contributed by atoms with van der Waals surface area (Å²) in [5.41, 5.74) is 5.97. The van der Waals surface area contributed by atoms with Gasteiger partial charge in [0.2, 0.25) is 0 Å². The Morgan fingerprint density at radius 3 is 2.71 bits per heavy atom. The SMILES string of the molecule is CC(=O)Cc1ccc(N)c([N+](=O)[O-])c1. The molecule has 0 saturated carbocycles. The van der Waals surface area contributed by atoms with E-state index in [0.717, 1.165) is 0 Å². The minimum Gasteiger partial charge on any atom is -0.393 e. The van der Waals surface area contributed by atoms with Crippen molar-refractivity contribution in [2.45, 2.75) is 13.3 Å². The summed E-state index contributed by atoms with van der Waals surface area (Å²) in [6.45, 7) is 1.43. The molecular weight excluding hydrogens is 184 g/mol. The summed E-state index contributed by atoms with van der Waals surface area (Å²) in [6.07, 6.45) is 0.196. The smallest absolute Gasteiger partial charge is 0.292 e. The molecule has 0 amide bonds. The summed E-state index contributed by atoms with van der Waals surface area (Å²) in [6, 6.07) is 4.39. The fraction of sp³-hybridized carbons (Fsp3) is 0.222. The van der Waals surface area contributed by atoms with Gasteiger partial charge in [-0.15, -0.1) is 0 Å². The van der Waals surface area contributed by atoms with Crippen molar-refractivity contribution in [3.8, 4) is 0 Å². The minimum absolute atomic E-state index is 0.0379. The number of benzene rings is 1. The molecule has 2 N–H and O–H groups in total. The van der Waals surface area contributed by atoms with Crippen LogP contribution in [0, 0.1) is 10.1 Å². The van der Waals surface area contributed by atoms with Gasteiger partial charge < -0.3 is 5.73 Å². The fourth-order valence-electron chi connectivity index (χ4n) is 1.14. The molecular formula is C9H10N2O3. The molecule has 5 heteroatoms. The number of carbonyl (C=O) groups excluding carboxylic acids is 1. The minimum atomic E-state index is -0.557. The number of ketones is 1. The Hall–Kier alpha value is -1.91. The lowest BCUT2D eigenvalue weighted by atomic mass is 10.1. The Labute approximate surface area is 80.7 Å². The summed E-state index contributed by atoms with van der Waals surface area (Å²) in [5.74, 6) is -0.0379. The molecule has 0 saturated heterocycles. The van der Waals surface area contributed by atoms with Crippen LogP contribution in [0.25, 0.3) is 0 Å². The van der Waals surface area contributed by atoms with E-state index < -0.39 is 4.92 Å². The largest absolute Gasteiger partial charge is 0.393 e. The van der Waals surface area contributed by atoms with Crippen LogP contribution in [0.2, 0.25) is 0 Å². The van der Waals surface area contributed by atoms with E-state index >= 15 is 0 Å². The first-order chi connectivity index (χ1) is 6.50. The second-order valence-corrected chi connectivity index (χ2v) is 3.03. The van der Waals surface area contributed by atoms with Gasteiger partial charge in [0.1, 0.15) is 11.5 Å². The topological polar surface area (TPSA) is 86.2 Å². The van der Waals surface area contributed by atoms with Crippen molar-refractivity contribution in [2.24, 2.45) is 0 Å². The molecule has 0 aliphatic heterocycles. The molecule has 0 aliphatic carbocycles. The first kappa shape index (κ1) is 10.2. The molecule has 0 fully saturated rings. The molecule has 0 spiro atoms. The average molecular weight is 194 g/mol. The standard InChI is InChI=1S/C9H10N2O3/c1-6(12)4-7-2-3-8(10)9(5-7)11(13)14/h2-3,5H,4,10H2,1H3. The molecule has 0 aliphatic rings. The summed E-state index contributed by atoms with van der Waals surface area (Å²) >= 11 is 0. The van der Waals surface area contributed by atoms with Crippen molar-refractivity contribution in [2.75, 3.05) is 5.73 Å². The van der Waals surface area contributed by atoms with Crippen LogP contribution in [0.3, 0.4) is 0 Å². The van der Waals surface area contributed by atoms with Gasteiger partial charge in [0, 0.05) is 12.5 Å². The Kier molecular flexibility index (Phi) is 2.81. The summed E-state index contributed by atoms with van der Waals surface area (Å²) < 4.78 is 0. The molecule has 5 nitrogen and oxygen atoms in total. The van der Waals surface area contributed by atoms with Gasteiger partial charge in [0.05, 0.1) is 4.92 Å². The lowest BCUT2D eigenvalue weighted by Gasteiger charge is -2.00. The molecule has 14 heavy (non-hydrogen) atoms. The number of rotatable bonds is 3. The highest BCUT2D eigenvalue weighted by atomic mass is 16.6. The van der Waals surface area contributed by atoms with Crippen molar-refractivity contribution >= 4 is 17.2 Å². The van der Waals surface area contributed by atoms with E-state index in [1.165, 1.54) is 19.1 Å². The summed E-state index contributed by atoms with van der Waals surface area (Å²) in [4.78, 5) is 20.7. The van der Waals surface area contributed by atoms with Gasteiger partial charge in [-0.1, -0.05) is 6.07 Å². The van der Waals surface area contributed by atoms with Crippen LogP contribution in [-0.2, 0) is 11.2 Å². The zero-order valence-electron chi connectivity index (χ0n) is 7.69. The quantitative estimate of drug-likeness (QED) is 0.446. The highest BCUT2D eigenvalue weighted by molar-refractivity contribution is 5.78. The molecule has 1 rings (SSSR count). The molecule has 1 aromatic carbocycles. The van der Waals surface area contributed by atoms with E-state index in [0.29, 0.717) is 5.56 Å². The van der Waals surface area contributed by atoms with E-state index in [-0.39, 0.29) is 23.6 Å². The van der Waals surface area contributed by atoms with E-state index in [4.69, 9.17) is 5.73 Å². The van der Waals surface area contributed by atoms with E-state index in [1.54, 1.807) is 6.07 Å². The monoisotopic (exact) mass is 194 g/mol. The van der Waals surface area contributed by atoms with Crippen LogP contribution < -0.4 is 5.73 Å². The second kappa shape index (κ2) is 3.87. The summed E-state index contributed by atoms with van der Waals surface area (Å²) in [7, 11) is 0. The van der Waals surface area contributed by atoms with Crippen LogP contribution in [-0.4, -0.2) is 10.7 Å². The van der Waals surface area contributed by atoms with Gasteiger partial charge in [0.15, 0.2) is 0 Å². The number of nitrogens with zero attached hydrogens (tertiary/aromatic N) is 1. The number of nitro groups is 1. The number of anilines is 1.